The zero-order valence-corrected chi connectivity index (χ0v) is 10.6. The van der Waals surface area contributed by atoms with Crippen molar-refractivity contribution >= 4 is 17.4 Å². The van der Waals surface area contributed by atoms with Crippen LogP contribution >= 0.6 is 0 Å². The predicted octanol–water partition coefficient (Wildman–Crippen LogP) is 0.872. The van der Waals surface area contributed by atoms with E-state index in [-0.39, 0.29) is 12.5 Å². The summed E-state index contributed by atoms with van der Waals surface area (Å²) in [6.45, 7) is 5.09. The van der Waals surface area contributed by atoms with Crippen LogP contribution in [-0.2, 0) is 4.79 Å². The number of carbonyl (C=O) groups excluding carboxylic acids is 1. The molecule has 0 fully saturated rings. The van der Waals surface area contributed by atoms with E-state index in [1.165, 1.54) is 0 Å². The second-order valence-electron chi connectivity index (χ2n) is 4.50. The van der Waals surface area contributed by atoms with Gasteiger partial charge in [0.2, 0.25) is 5.91 Å². The summed E-state index contributed by atoms with van der Waals surface area (Å²) in [5, 5.41) is 2.86. The van der Waals surface area contributed by atoms with Gasteiger partial charge in [0.05, 0.1) is 6.54 Å². The van der Waals surface area contributed by atoms with Crippen LogP contribution in [0.1, 0.15) is 13.8 Å². The number of hydrogen-bond acceptors (Lipinski definition) is 4. The maximum absolute atomic E-state index is 11.6. The molecule has 0 radical (unpaired) electrons. The largest absolute Gasteiger partial charge is 0.399 e. The van der Waals surface area contributed by atoms with Crippen LogP contribution in [0.15, 0.2) is 18.3 Å². The van der Waals surface area contributed by atoms with Crippen molar-refractivity contribution in [3.05, 3.63) is 18.3 Å². The quantitative estimate of drug-likeness (QED) is 0.796. The summed E-state index contributed by atoms with van der Waals surface area (Å²) in [7, 11) is 1.82. The lowest BCUT2D eigenvalue weighted by Gasteiger charge is -2.18. The Labute approximate surface area is 102 Å². The summed E-state index contributed by atoms with van der Waals surface area (Å²) in [6.07, 6.45) is 1.63. The van der Waals surface area contributed by atoms with E-state index >= 15 is 0 Å². The van der Waals surface area contributed by atoms with Crippen LogP contribution in [0, 0.1) is 5.92 Å². The van der Waals surface area contributed by atoms with Crippen molar-refractivity contribution in [3.63, 3.8) is 0 Å². The minimum Gasteiger partial charge on any atom is -0.399 e. The van der Waals surface area contributed by atoms with Crippen molar-refractivity contribution in [1.82, 2.24) is 10.3 Å². The number of pyridine rings is 1. The number of nitrogen functional groups attached to an aromatic ring is 1. The molecule has 1 heterocycles. The summed E-state index contributed by atoms with van der Waals surface area (Å²) < 4.78 is 0. The Kier molecular flexibility index (Phi) is 4.75. The molecule has 17 heavy (non-hydrogen) atoms. The molecular formula is C12H20N4O. The van der Waals surface area contributed by atoms with Crippen LogP contribution in [0.4, 0.5) is 11.5 Å². The van der Waals surface area contributed by atoms with Gasteiger partial charge >= 0.3 is 0 Å². The highest BCUT2D eigenvalue weighted by atomic mass is 16.2. The fourth-order valence-corrected chi connectivity index (χ4v) is 1.31. The summed E-state index contributed by atoms with van der Waals surface area (Å²) in [4.78, 5) is 17.5. The van der Waals surface area contributed by atoms with Gasteiger partial charge in [0, 0.05) is 31.5 Å². The van der Waals surface area contributed by atoms with Gasteiger partial charge < -0.3 is 16.0 Å². The molecule has 0 aliphatic heterocycles. The van der Waals surface area contributed by atoms with Crippen molar-refractivity contribution in [1.29, 1.82) is 0 Å². The third-order valence-corrected chi connectivity index (χ3v) is 2.25. The number of nitrogens with one attached hydrogen (secondary N) is 1. The standard InChI is InChI=1S/C12H20N4O/c1-9(2)7-15-12(17)8-16(3)11-6-10(13)4-5-14-11/h4-6,9H,7-8H2,1-3H3,(H2,13,14)(H,15,17). The van der Waals surface area contributed by atoms with Crippen molar-refractivity contribution in [2.24, 2.45) is 5.92 Å². The second-order valence-corrected chi connectivity index (χ2v) is 4.50. The Hall–Kier alpha value is -1.78. The van der Waals surface area contributed by atoms with Gasteiger partial charge in [-0.2, -0.15) is 0 Å². The fourth-order valence-electron chi connectivity index (χ4n) is 1.31. The summed E-state index contributed by atoms with van der Waals surface area (Å²) in [6, 6.07) is 3.46. The van der Waals surface area contributed by atoms with Gasteiger partial charge in [0.25, 0.3) is 0 Å². The lowest BCUT2D eigenvalue weighted by atomic mass is 10.2. The normalized spacial score (nSPS) is 10.4. The van der Waals surface area contributed by atoms with Gasteiger partial charge in [-0.25, -0.2) is 4.98 Å². The lowest BCUT2D eigenvalue weighted by molar-refractivity contribution is -0.119. The maximum atomic E-state index is 11.6. The number of anilines is 2. The highest BCUT2D eigenvalue weighted by molar-refractivity contribution is 5.81. The van der Waals surface area contributed by atoms with E-state index in [0.717, 1.165) is 0 Å². The van der Waals surface area contributed by atoms with Crippen LogP contribution in [0.3, 0.4) is 0 Å². The summed E-state index contributed by atoms with van der Waals surface area (Å²) >= 11 is 0. The zero-order valence-electron chi connectivity index (χ0n) is 10.6. The minimum atomic E-state index is -0.00887. The van der Waals surface area contributed by atoms with Gasteiger partial charge in [0.1, 0.15) is 5.82 Å². The van der Waals surface area contributed by atoms with Gasteiger partial charge in [-0.05, 0) is 12.0 Å². The average Bonchev–Trinajstić information content (AvgIpc) is 2.26. The average molecular weight is 236 g/mol. The van der Waals surface area contributed by atoms with E-state index in [2.05, 4.69) is 24.1 Å². The van der Waals surface area contributed by atoms with E-state index < -0.39 is 0 Å². The SMILES string of the molecule is CC(C)CNC(=O)CN(C)c1cc(N)ccn1. The molecule has 0 atom stereocenters. The molecule has 1 amide bonds. The number of likely N-dealkylation sites (N-methyl/N-ethyl adjacent to an activating group) is 1. The van der Waals surface area contributed by atoms with Gasteiger partial charge in [0.15, 0.2) is 0 Å². The Bertz CT molecular complexity index is 379. The first kappa shape index (κ1) is 13.3. The van der Waals surface area contributed by atoms with Crippen molar-refractivity contribution in [2.45, 2.75) is 13.8 Å². The first-order valence-electron chi connectivity index (χ1n) is 5.68. The maximum Gasteiger partial charge on any atom is 0.239 e. The van der Waals surface area contributed by atoms with Crippen molar-refractivity contribution < 1.29 is 4.79 Å². The molecule has 0 saturated carbocycles. The molecular weight excluding hydrogens is 216 g/mol. The van der Waals surface area contributed by atoms with E-state index in [0.29, 0.717) is 24.0 Å². The Morgan fingerprint density at radius 1 is 1.59 bits per heavy atom. The van der Waals surface area contributed by atoms with Crippen molar-refractivity contribution in [2.75, 3.05) is 30.8 Å². The number of hydrogen-bond donors (Lipinski definition) is 2. The van der Waals surface area contributed by atoms with E-state index in [1.54, 1.807) is 23.2 Å². The number of nitrogens with two attached hydrogens (primary N) is 1. The molecule has 5 nitrogen and oxygen atoms in total. The van der Waals surface area contributed by atoms with Gasteiger partial charge in [-0.15, -0.1) is 0 Å². The Morgan fingerprint density at radius 3 is 2.88 bits per heavy atom. The summed E-state index contributed by atoms with van der Waals surface area (Å²) in [5.41, 5.74) is 6.30. The molecule has 0 unspecified atom stereocenters. The van der Waals surface area contributed by atoms with Gasteiger partial charge in [-0.1, -0.05) is 13.8 Å². The first-order valence-corrected chi connectivity index (χ1v) is 5.68. The number of aromatic nitrogens is 1. The molecule has 0 bridgehead atoms. The molecule has 94 valence electrons. The molecule has 5 heteroatoms. The topological polar surface area (TPSA) is 71.2 Å². The van der Waals surface area contributed by atoms with E-state index in [4.69, 9.17) is 5.73 Å². The molecule has 0 aliphatic rings. The van der Waals surface area contributed by atoms with Crippen LogP contribution in [0.25, 0.3) is 0 Å². The highest BCUT2D eigenvalue weighted by Gasteiger charge is 2.08. The molecule has 0 spiro atoms. The summed E-state index contributed by atoms with van der Waals surface area (Å²) in [5.74, 6) is 1.14. The highest BCUT2D eigenvalue weighted by Crippen LogP contribution is 2.11. The molecule has 1 aromatic heterocycles. The molecule has 0 aromatic carbocycles. The number of rotatable bonds is 5. The molecule has 1 rings (SSSR count). The number of amides is 1. The predicted molar refractivity (Wildman–Crippen MR) is 69.8 cm³/mol. The van der Waals surface area contributed by atoms with Crippen LogP contribution in [0.5, 0.6) is 0 Å². The number of carbonyl (C=O) groups is 1. The Morgan fingerprint density at radius 2 is 2.29 bits per heavy atom. The molecule has 3 N–H and O–H groups in total. The third-order valence-electron chi connectivity index (χ3n) is 2.25. The van der Waals surface area contributed by atoms with E-state index in [9.17, 15) is 4.79 Å². The minimum absolute atomic E-state index is 0.00887. The van der Waals surface area contributed by atoms with Crippen LogP contribution in [-0.4, -0.2) is 31.0 Å². The zero-order chi connectivity index (χ0) is 12.8. The van der Waals surface area contributed by atoms with Crippen LogP contribution < -0.4 is 16.0 Å². The fraction of sp³-hybridized carbons (Fsp3) is 0.500. The molecule has 0 saturated heterocycles. The molecule has 1 aromatic rings. The first-order chi connectivity index (χ1) is 7.99. The third kappa shape index (κ3) is 4.72. The monoisotopic (exact) mass is 236 g/mol. The smallest absolute Gasteiger partial charge is 0.239 e. The molecule has 0 aliphatic carbocycles. The van der Waals surface area contributed by atoms with Crippen molar-refractivity contribution in [3.8, 4) is 0 Å². The number of nitrogens with zero attached hydrogens (tertiary/aromatic N) is 2. The lowest BCUT2D eigenvalue weighted by Crippen LogP contribution is -2.37. The van der Waals surface area contributed by atoms with Crippen LogP contribution in [0.2, 0.25) is 0 Å². The Balaban J connectivity index is 2.48. The second kappa shape index (κ2) is 6.08. The van der Waals surface area contributed by atoms with Gasteiger partial charge in [-0.3, -0.25) is 4.79 Å². The van der Waals surface area contributed by atoms with E-state index in [1.807, 2.05) is 7.05 Å².